The van der Waals surface area contributed by atoms with E-state index in [2.05, 4.69) is 10.1 Å². The van der Waals surface area contributed by atoms with E-state index in [1.807, 2.05) is 0 Å². The fourth-order valence-corrected chi connectivity index (χ4v) is 1.51. The maximum atomic E-state index is 13.7. The average molecular weight is 268 g/mol. The first kappa shape index (κ1) is 12.9. The van der Waals surface area contributed by atoms with Crippen LogP contribution < -0.4 is 10.5 Å². The Hall–Kier alpha value is -2.55. The van der Waals surface area contributed by atoms with Crippen LogP contribution in [0, 0.1) is 15.9 Å². The Kier molecular flexibility index (Phi) is 3.38. The van der Waals surface area contributed by atoms with Crippen LogP contribution in [0.3, 0.4) is 0 Å². The molecular weight excluding hydrogens is 259 g/mol. The number of non-ortho nitro benzene ring substituents is 1. The van der Waals surface area contributed by atoms with Crippen LogP contribution in [0.4, 0.5) is 10.1 Å². The van der Waals surface area contributed by atoms with Crippen LogP contribution in [0.25, 0.3) is 11.4 Å². The summed E-state index contributed by atoms with van der Waals surface area (Å²) in [7, 11) is 1.23. The highest BCUT2D eigenvalue weighted by atomic mass is 19.1. The molecule has 0 aliphatic carbocycles. The Morgan fingerprint density at radius 1 is 1.58 bits per heavy atom. The quantitative estimate of drug-likeness (QED) is 0.654. The van der Waals surface area contributed by atoms with Gasteiger partial charge in [0.1, 0.15) is 0 Å². The number of hydrogen-bond acceptors (Lipinski definition) is 7. The van der Waals surface area contributed by atoms with Crippen molar-refractivity contribution in [2.75, 3.05) is 7.11 Å². The van der Waals surface area contributed by atoms with Gasteiger partial charge in [-0.2, -0.15) is 4.98 Å². The Bertz CT molecular complexity index is 628. The van der Waals surface area contributed by atoms with Crippen LogP contribution in [0.2, 0.25) is 0 Å². The molecule has 1 aromatic carbocycles. The molecule has 2 N–H and O–H groups in total. The van der Waals surface area contributed by atoms with E-state index in [4.69, 9.17) is 15.0 Å². The molecule has 2 rings (SSSR count). The number of nitro groups is 1. The summed E-state index contributed by atoms with van der Waals surface area (Å²) in [6, 6.07) is 1.86. The molecule has 0 saturated carbocycles. The lowest BCUT2D eigenvalue weighted by Gasteiger charge is -2.06. The Morgan fingerprint density at radius 2 is 2.32 bits per heavy atom. The first-order valence-electron chi connectivity index (χ1n) is 5.11. The van der Waals surface area contributed by atoms with Crippen molar-refractivity contribution in [3.8, 4) is 17.1 Å². The Labute approximate surface area is 106 Å². The first-order chi connectivity index (χ1) is 9.06. The van der Waals surface area contributed by atoms with E-state index in [0.717, 1.165) is 12.1 Å². The second-order valence-corrected chi connectivity index (χ2v) is 3.48. The predicted octanol–water partition coefficient (Wildman–Crippen LogP) is 1.25. The highest BCUT2D eigenvalue weighted by Gasteiger charge is 2.21. The van der Waals surface area contributed by atoms with Crippen molar-refractivity contribution in [3.05, 3.63) is 34.0 Å². The lowest BCUT2D eigenvalue weighted by molar-refractivity contribution is -0.385. The molecule has 0 spiro atoms. The molecule has 1 heterocycles. The van der Waals surface area contributed by atoms with E-state index in [1.54, 1.807) is 0 Å². The van der Waals surface area contributed by atoms with Crippen molar-refractivity contribution >= 4 is 5.69 Å². The van der Waals surface area contributed by atoms with Crippen molar-refractivity contribution < 1.29 is 18.6 Å². The van der Waals surface area contributed by atoms with Crippen molar-refractivity contribution in [1.82, 2.24) is 10.1 Å². The summed E-state index contributed by atoms with van der Waals surface area (Å²) in [5, 5.41) is 14.3. The molecule has 19 heavy (non-hydrogen) atoms. The van der Waals surface area contributed by atoms with Gasteiger partial charge in [-0.15, -0.1) is 0 Å². The number of halogens is 1. The van der Waals surface area contributed by atoms with Gasteiger partial charge in [-0.05, 0) is 0 Å². The molecule has 0 saturated heterocycles. The molecule has 2 aromatic rings. The average Bonchev–Trinajstić information content (AvgIpc) is 2.86. The summed E-state index contributed by atoms with van der Waals surface area (Å²) in [6.07, 6.45) is 0. The highest BCUT2D eigenvalue weighted by molar-refractivity contribution is 5.67. The van der Waals surface area contributed by atoms with Gasteiger partial charge in [0.15, 0.2) is 11.6 Å². The summed E-state index contributed by atoms with van der Waals surface area (Å²) in [5.74, 6) is -0.982. The number of nitrogens with two attached hydrogens (primary N) is 1. The molecule has 1 aromatic heterocycles. The monoisotopic (exact) mass is 268 g/mol. The lowest BCUT2D eigenvalue weighted by atomic mass is 10.1. The number of methoxy groups -OCH3 is 1. The normalized spacial score (nSPS) is 10.5. The number of nitro benzene ring substituents is 1. The minimum absolute atomic E-state index is 0.00667. The summed E-state index contributed by atoms with van der Waals surface area (Å²) >= 11 is 0. The van der Waals surface area contributed by atoms with Crippen LogP contribution >= 0.6 is 0 Å². The minimum atomic E-state index is -0.884. The van der Waals surface area contributed by atoms with Crippen LogP contribution in [0.5, 0.6) is 5.75 Å². The van der Waals surface area contributed by atoms with Crippen LogP contribution in [-0.4, -0.2) is 22.2 Å². The fraction of sp³-hybridized carbons (Fsp3) is 0.200. The van der Waals surface area contributed by atoms with Crippen molar-refractivity contribution in [2.45, 2.75) is 6.54 Å². The molecule has 0 aliphatic heterocycles. The van der Waals surface area contributed by atoms with Gasteiger partial charge < -0.3 is 15.0 Å². The zero-order valence-electron chi connectivity index (χ0n) is 9.79. The van der Waals surface area contributed by atoms with Crippen molar-refractivity contribution in [3.63, 3.8) is 0 Å². The number of ether oxygens (including phenoxy) is 1. The molecular formula is C10H9FN4O4. The van der Waals surface area contributed by atoms with Crippen LogP contribution in [-0.2, 0) is 6.54 Å². The third-order valence-corrected chi connectivity index (χ3v) is 2.33. The summed E-state index contributed by atoms with van der Waals surface area (Å²) in [6.45, 7) is 0.00667. The predicted molar refractivity (Wildman–Crippen MR) is 60.8 cm³/mol. The molecule has 0 amide bonds. The molecule has 9 heteroatoms. The Morgan fingerprint density at radius 3 is 2.84 bits per heavy atom. The molecule has 0 bridgehead atoms. The number of nitrogens with zero attached hydrogens (tertiary/aromatic N) is 3. The molecule has 0 atom stereocenters. The number of aromatic nitrogens is 2. The number of benzene rings is 1. The second kappa shape index (κ2) is 4.98. The number of hydrogen-bond donors (Lipinski definition) is 1. The van der Waals surface area contributed by atoms with Gasteiger partial charge in [0.2, 0.25) is 11.7 Å². The van der Waals surface area contributed by atoms with Gasteiger partial charge in [0, 0.05) is 6.07 Å². The molecule has 100 valence electrons. The van der Waals surface area contributed by atoms with Crippen LogP contribution in [0.1, 0.15) is 5.89 Å². The zero-order chi connectivity index (χ0) is 14.0. The van der Waals surface area contributed by atoms with E-state index in [9.17, 15) is 14.5 Å². The third kappa shape index (κ3) is 2.36. The molecule has 8 nitrogen and oxygen atoms in total. The van der Waals surface area contributed by atoms with Gasteiger partial charge in [-0.1, -0.05) is 5.16 Å². The van der Waals surface area contributed by atoms with Gasteiger partial charge in [0.05, 0.1) is 30.2 Å². The van der Waals surface area contributed by atoms with E-state index in [1.165, 1.54) is 7.11 Å². The van der Waals surface area contributed by atoms with Crippen molar-refractivity contribution in [2.24, 2.45) is 5.73 Å². The zero-order valence-corrected chi connectivity index (χ0v) is 9.79. The standard InChI is InChI=1S/C10H9FN4O4/c1-18-9-6(10-13-8(4-12)19-14-10)2-5(15(16)17)3-7(9)11/h2-3H,4,12H2,1H3. The van der Waals surface area contributed by atoms with Crippen LogP contribution in [0.15, 0.2) is 16.7 Å². The lowest BCUT2D eigenvalue weighted by Crippen LogP contribution is -1.98. The van der Waals surface area contributed by atoms with Gasteiger partial charge in [0.25, 0.3) is 5.69 Å². The first-order valence-corrected chi connectivity index (χ1v) is 5.11. The maximum Gasteiger partial charge on any atom is 0.273 e. The van der Waals surface area contributed by atoms with E-state index in [0.29, 0.717) is 0 Å². The fourth-order valence-electron chi connectivity index (χ4n) is 1.51. The maximum absolute atomic E-state index is 13.7. The largest absolute Gasteiger partial charge is 0.493 e. The van der Waals surface area contributed by atoms with Gasteiger partial charge in [-0.25, -0.2) is 4.39 Å². The van der Waals surface area contributed by atoms with Gasteiger partial charge in [-0.3, -0.25) is 10.1 Å². The number of rotatable bonds is 4. The second-order valence-electron chi connectivity index (χ2n) is 3.48. The van der Waals surface area contributed by atoms with Crippen molar-refractivity contribution in [1.29, 1.82) is 0 Å². The van der Waals surface area contributed by atoms with E-state index in [-0.39, 0.29) is 29.6 Å². The van der Waals surface area contributed by atoms with E-state index >= 15 is 0 Å². The molecule has 0 unspecified atom stereocenters. The van der Waals surface area contributed by atoms with E-state index < -0.39 is 16.4 Å². The summed E-state index contributed by atoms with van der Waals surface area (Å²) in [4.78, 5) is 13.9. The molecule has 0 radical (unpaired) electrons. The third-order valence-electron chi connectivity index (χ3n) is 2.33. The Balaban J connectivity index is 2.62. The highest BCUT2D eigenvalue weighted by Crippen LogP contribution is 2.34. The summed E-state index contributed by atoms with van der Waals surface area (Å²) < 4.78 is 23.3. The van der Waals surface area contributed by atoms with Gasteiger partial charge >= 0.3 is 0 Å². The SMILES string of the molecule is COc1c(F)cc([N+](=O)[O-])cc1-c1noc(CN)n1. The topological polar surface area (TPSA) is 117 Å². The summed E-state index contributed by atoms with van der Waals surface area (Å²) in [5.41, 5.74) is 4.90. The molecule has 0 fully saturated rings. The smallest absolute Gasteiger partial charge is 0.273 e. The minimum Gasteiger partial charge on any atom is -0.493 e. The molecule has 0 aliphatic rings.